The van der Waals surface area contributed by atoms with Gasteiger partial charge in [0.15, 0.2) is 5.78 Å². The molecule has 4 rings (SSSR count). The van der Waals surface area contributed by atoms with Gasteiger partial charge in [-0.1, -0.05) is 18.2 Å². The Bertz CT molecular complexity index is 1270. The van der Waals surface area contributed by atoms with Crippen molar-refractivity contribution < 1.29 is 22.9 Å². The van der Waals surface area contributed by atoms with Crippen molar-refractivity contribution in [2.75, 3.05) is 4.90 Å². The first-order chi connectivity index (χ1) is 15.6. The lowest BCUT2D eigenvalue weighted by atomic mass is 9.75. The van der Waals surface area contributed by atoms with Crippen LogP contribution >= 0.6 is 0 Å². The fourth-order valence-corrected chi connectivity index (χ4v) is 4.35. The molecule has 2 aliphatic rings. The third-order valence-electron chi connectivity index (χ3n) is 5.76. The fraction of sp³-hybridized carbons (Fsp3) is 0.217. The van der Waals surface area contributed by atoms with Gasteiger partial charge in [0.05, 0.1) is 28.0 Å². The number of benzene rings is 2. The van der Waals surface area contributed by atoms with E-state index in [1.54, 1.807) is 6.07 Å². The van der Waals surface area contributed by atoms with Crippen molar-refractivity contribution in [2.24, 2.45) is 5.73 Å². The number of ketones is 1. The van der Waals surface area contributed by atoms with Crippen LogP contribution in [0.2, 0.25) is 0 Å². The van der Waals surface area contributed by atoms with Gasteiger partial charge in [-0.2, -0.15) is 18.4 Å². The van der Waals surface area contributed by atoms with E-state index >= 15 is 0 Å². The summed E-state index contributed by atoms with van der Waals surface area (Å²) in [6.45, 7) is 0. The van der Waals surface area contributed by atoms with E-state index in [1.165, 1.54) is 35.2 Å². The maximum Gasteiger partial charge on any atom is 0.416 e. The molecular weight excluding hydrogens is 437 g/mol. The first-order valence-corrected chi connectivity index (χ1v) is 10.0. The summed E-state index contributed by atoms with van der Waals surface area (Å²) in [5.41, 5.74) is 6.22. The summed E-state index contributed by atoms with van der Waals surface area (Å²) in [5, 5.41) is 21.2. The van der Waals surface area contributed by atoms with Gasteiger partial charge >= 0.3 is 6.18 Å². The lowest BCUT2D eigenvalue weighted by Gasteiger charge is -2.39. The summed E-state index contributed by atoms with van der Waals surface area (Å²) >= 11 is 0. The Morgan fingerprint density at radius 3 is 2.55 bits per heavy atom. The summed E-state index contributed by atoms with van der Waals surface area (Å²) in [6.07, 6.45) is -3.58. The number of allylic oxidation sites excluding steroid dienone is 3. The molecule has 0 spiro atoms. The van der Waals surface area contributed by atoms with Crippen LogP contribution in [0.5, 0.6) is 0 Å². The van der Waals surface area contributed by atoms with Crippen molar-refractivity contribution in [2.45, 2.75) is 31.4 Å². The maximum absolute atomic E-state index is 13.3. The second kappa shape index (κ2) is 8.09. The molecule has 10 heteroatoms. The predicted molar refractivity (Wildman–Crippen MR) is 112 cm³/mol. The number of nitro benzene ring substituents is 1. The van der Waals surface area contributed by atoms with Gasteiger partial charge in [-0.15, -0.1) is 0 Å². The van der Waals surface area contributed by atoms with Crippen LogP contribution in [0.4, 0.5) is 24.5 Å². The summed E-state index contributed by atoms with van der Waals surface area (Å²) < 4.78 is 40.0. The monoisotopic (exact) mass is 454 g/mol. The zero-order valence-corrected chi connectivity index (χ0v) is 17.1. The first-order valence-electron chi connectivity index (χ1n) is 10.0. The number of halogens is 3. The van der Waals surface area contributed by atoms with E-state index < -0.39 is 22.6 Å². The van der Waals surface area contributed by atoms with Crippen molar-refractivity contribution in [1.29, 1.82) is 5.26 Å². The Balaban J connectivity index is 1.96. The number of nitriles is 1. The van der Waals surface area contributed by atoms with Crippen LogP contribution in [-0.4, -0.2) is 10.7 Å². The summed E-state index contributed by atoms with van der Waals surface area (Å²) in [5.74, 6) is -1.33. The molecule has 0 amide bonds. The number of anilines is 1. The Kier molecular flexibility index (Phi) is 5.41. The highest BCUT2D eigenvalue weighted by molar-refractivity contribution is 6.01. The van der Waals surface area contributed by atoms with Gasteiger partial charge in [0, 0.05) is 35.5 Å². The second-order valence-electron chi connectivity index (χ2n) is 7.72. The molecule has 2 N–H and O–H groups in total. The molecular formula is C23H17F3N4O3. The molecule has 0 saturated carbocycles. The average Bonchev–Trinajstić information content (AvgIpc) is 2.78. The number of rotatable bonds is 3. The van der Waals surface area contributed by atoms with Gasteiger partial charge in [0.25, 0.3) is 5.69 Å². The largest absolute Gasteiger partial charge is 0.416 e. The molecule has 0 bridgehead atoms. The molecule has 2 aromatic carbocycles. The molecule has 7 nitrogen and oxygen atoms in total. The number of nitrogens with two attached hydrogens (primary N) is 1. The minimum absolute atomic E-state index is 0.0538. The lowest BCUT2D eigenvalue weighted by Crippen LogP contribution is -2.38. The topological polar surface area (TPSA) is 113 Å². The number of carbonyl (C=O) groups is 1. The van der Waals surface area contributed by atoms with Gasteiger partial charge in [0.1, 0.15) is 5.82 Å². The maximum atomic E-state index is 13.3. The van der Waals surface area contributed by atoms with E-state index in [0.717, 1.165) is 12.1 Å². The minimum atomic E-state index is -4.59. The predicted octanol–water partition coefficient (Wildman–Crippen LogP) is 4.92. The van der Waals surface area contributed by atoms with Crippen LogP contribution < -0.4 is 10.6 Å². The molecule has 0 radical (unpaired) electrons. The molecule has 168 valence electrons. The number of carbonyl (C=O) groups excluding carboxylic acids is 1. The lowest BCUT2D eigenvalue weighted by molar-refractivity contribution is -0.384. The molecule has 1 heterocycles. The first kappa shape index (κ1) is 22.1. The van der Waals surface area contributed by atoms with Crippen LogP contribution in [0.1, 0.15) is 36.3 Å². The van der Waals surface area contributed by atoms with Crippen LogP contribution in [0.25, 0.3) is 0 Å². The Morgan fingerprint density at radius 2 is 1.88 bits per heavy atom. The van der Waals surface area contributed by atoms with Crippen LogP contribution in [0, 0.1) is 21.4 Å². The zero-order valence-electron chi connectivity index (χ0n) is 17.1. The molecule has 1 atom stereocenters. The van der Waals surface area contributed by atoms with E-state index in [2.05, 4.69) is 0 Å². The molecule has 0 aromatic heterocycles. The minimum Gasteiger partial charge on any atom is -0.384 e. The second-order valence-corrected chi connectivity index (χ2v) is 7.72. The van der Waals surface area contributed by atoms with E-state index in [9.17, 15) is 33.3 Å². The molecule has 1 aliphatic heterocycles. The summed E-state index contributed by atoms with van der Waals surface area (Å²) in [6, 6.07) is 12.1. The number of nitro groups is 1. The Morgan fingerprint density at radius 1 is 1.15 bits per heavy atom. The normalized spacial score (nSPS) is 18.8. The average molecular weight is 454 g/mol. The zero-order chi connectivity index (χ0) is 23.9. The van der Waals surface area contributed by atoms with Gasteiger partial charge in [-0.25, -0.2) is 0 Å². The SMILES string of the molecule is N#CC1=C(N)N(c2cccc(C(F)(F)F)c2)C2=C(C(=O)CCC2)C1c1cccc([N+](=O)[O-])c1. The van der Waals surface area contributed by atoms with Crippen molar-refractivity contribution in [3.8, 4) is 6.07 Å². The smallest absolute Gasteiger partial charge is 0.384 e. The van der Waals surface area contributed by atoms with Crippen LogP contribution in [0.15, 0.2) is 71.2 Å². The fourth-order valence-electron chi connectivity index (χ4n) is 4.35. The Hall–Kier alpha value is -4.13. The van der Waals surface area contributed by atoms with Gasteiger partial charge < -0.3 is 5.73 Å². The highest BCUT2D eigenvalue weighted by atomic mass is 19.4. The highest BCUT2D eigenvalue weighted by Gasteiger charge is 2.41. The van der Waals surface area contributed by atoms with Crippen molar-refractivity contribution >= 4 is 17.2 Å². The van der Waals surface area contributed by atoms with E-state index in [-0.39, 0.29) is 40.5 Å². The molecule has 0 fully saturated rings. The number of hydrogen-bond donors (Lipinski definition) is 1. The summed E-state index contributed by atoms with van der Waals surface area (Å²) in [4.78, 5) is 25.0. The van der Waals surface area contributed by atoms with Crippen LogP contribution in [-0.2, 0) is 11.0 Å². The third kappa shape index (κ3) is 3.82. The van der Waals surface area contributed by atoms with Crippen LogP contribution in [0.3, 0.4) is 0 Å². The summed E-state index contributed by atoms with van der Waals surface area (Å²) in [7, 11) is 0. The van der Waals surface area contributed by atoms with Crippen molar-refractivity contribution in [3.05, 3.63) is 92.4 Å². The number of non-ortho nitro benzene ring substituents is 1. The van der Waals surface area contributed by atoms with E-state index in [0.29, 0.717) is 24.1 Å². The van der Waals surface area contributed by atoms with Gasteiger partial charge in [0.2, 0.25) is 0 Å². The van der Waals surface area contributed by atoms with Gasteiger partial charge in [-0.05, 0) is 36.6 Å². The molecule has 1 aliphatic carbocycles. The van der Waals surface area contributed by atoms with Crippen molar-refractivity contribution in [3.63, 3.8) is 0 Å². The number of Topliss-reactive ketones (excluding diaryl/α,β-unsaturated/α-hetero) is 1. The van der Waals surface area contributed by atoms with Crippen molar-refractivity contribution in [1.82, 2.24) is 0 Å². The van der Waals surface area contributed by atoms with Gasteiger partial charge in [-0.3, -0.25) is 19.8 Å². The molecule has 0 saturated heterocycles. The standard InChI is InChI=1S/C23H17F3N4O3/c24-23(25,26)14-5-2-6-15(11-14)29-18-8-3-9-19(31)21(18)20(17(12-27)22(29)28)13-4-1-7-16(10-13)30(32)33/h1-2,4-7,10-11,20H,3,8-9,28H2. The highest BCUT2D eigenvalue weighted by Crippen LogP contribution is 2.47. The Labute approximate surface area is 186 Å². The molecule has 33 heavy (non-hydrogen) atoms. The molecule has 1 unspecified atom stereocenters. The number of alkyl halides is 3. The molecule has 2 aromatic rings. The number of hydrogen-bond acceptors (Lipinski definition) is 6. The van der Waals surface area contributed by atoms with E-state index in [1.807, 2.05) is 6.07 Å². The quantitative estimate of drug-likeness (QED) is 0.520. The third-order valence-corrected chi connectivity index (χ3v) is 5.76. The number of nitrogens with zero attached hydrogens (tertiary/aromatic N) is 3. The van der Waals surface area contributed by atoms with E-state index in [4.69, 9.17) is 5.73 Å².